The third-order valence-electron chi connectivity index (χ3n) is 3.25. The largest absolute Gasteiger partial charge is 0.379 e. The fourth-order valence-electron chi connectivity index (χ4n) is 2.23. The molecule has 2 N–H and O–H groups in total. The molecule has 0 spiro atoms. The van der Waals surface area contributed by atoms with Crippen LogP contribution in [0.3, 0.4) is 0 Å². The molecule has 0 aromatic heterocycles. The molecule has 2 atom stereocenters. The number of nitrogens with two attached hydrogens (primary N) is 1. The average molecular weight is 220 g/mol. The van der Waals surface area contributed by atoms with Gasteiger partial charge >= 0.3 is 0 Å². The van der Waals surface area contributed by atoms with Crippen molar-refractivity contribution in [2.75, 3.05) is 20.2 Å². The number of hydrogen-bond donors (Lipinski definition) is 1. The minimum atomic E-state index is 0.178. The maximum Gasteiger partial charge on any atom is 0.0849 e. The van der Waals surface area contributed by atoms with Crippen molar-refractivity contribution in [3.8, 4) is 0 Å². The molecule has 1 fully saturated rings. The summed E-state index contributed by atoms with van der Waals surface area (Å²) < 4.78 is 5.40. The summed E-state index contributed by atoms with van der Waals surface area (Å²) in [7, 11) is 1.75. The Kier molecular flexibility index (Phi) is 3.93. The lowest BCUT2D eigenvalue weighted by Gasteiger charge is -2.35. The van der Waals surface area contributed by atoms with E-state index in [0.29, 0.717) is 0 Å². The summed E-state index contributed by atoms with van der Waals surface area (Å²) in [6, 6.07) is 10.7. The van der Waals surface area contributed by atoms with Crippen LogP contribution in [-0.4, -0.2) is 37.2 Å². The molecule has 0 bridgehead atoms. The number of ether oxygens (including phenoxy) is 1. The molecule has 3 heteroatoms. The van der Waals surface area contributed by atoms with Gasteiger partial charge in [-0.1, -0.05) is 30.3 Å². The van der Waals surface area contributed by atoms with Gasteiger partial charge in [0.1, 0.15) is 0 Å². The van der Waals surface area contributed by atoms with E-state index in [9.17, 15) is 0 Å². The van der Waals surface area contributed by atoms with E-state index in [1.165, 1.54) is 5.56 Å². The summed E-state index contributed by atoms with van der Waals surface area (Å²) in [5, 5.41) is 0. The van der Waals surface area contributed by atoms with Gasteiger partial charge in [-0.25, -0.2) is 0 Å². The van der Waals surface area contributed by atoms with Gasteiger partial charge in [-0.15, -0.1) is 0 Å². The van der Waals surface area contributed by atoms with Crippen LogP contribution in [0.15, 0.2) is 30.3 Å². The Balaban J connectivity index is 1.92. The van der Waals surface area contributed by atoms with Gasteiger partial charge in [-0.3, -0.25) is 4.90 Å². The van der Waals surface area contributed by atoms with Crippen LogP contribution in [0.25, 0.3) is 0 Å². The average Bonchev–Trinajstić information content (AvgIpc) is 2.33. The standard InChI is InChI=1S/C13H20N2O/c1-16-13-10-15(8-7-12(13)14)9-11-5-3-2-4-6-11/h2-6,12-13H,7-10,14H2,1H3/t12-,13-/m1/s1. The summed E-state index contributed by atoms with van der Waals surface area (Å²) in [5.74, 6) is 0. The van der Waals surface area contributed by atoms with Crippen LogP contribution in [0.2, 0.25) is 0 Å². The molecular formula is C13H20N2O. The molecule has 0 unspecified atom stereocenters. The molecule has 88 valence electrons. The Bertz CT molecular complexity index is 315. The summed E-state index contributed by atoms with van der Waals surface area (Å²) in [6.07, 6.45) is 1.20. The summed E-state index contributed by atoms with van der Waals surface area (Å²) in [4.78, 5) is 2.41. The number of likely N-dealkylation sites (tertiary alicyclic amines) is 1. The van der Waals surface area contributed by atoms with Crippen molar-refractivity contribution in [3.63, 3.8) is 0 Å². The molecule has 0 saturated carbocycles. The molecule has 0 radical (unpaired) electrons. The van der Waals surface area contributed by atoms with E-state index in [-0.39, 0.29) is 12.1 Å². The van der Waals surface area contributed by atoms with E-state index in [2.05, 4.69) is 29.2 Å². The Morgan fingerprint density at radius 3 is 2.81 bits per heavy atom. The van der Waals surface area contributed by atoms with E-state index in [0.717, 1.165) is 26.1 Å². The van der Waals surface area contributed by atoms with Gasteiger partial charge in [-0.2, -0.15) is 0 Å². The van der Waals surface area contributed by atoms with Gasteiger partial charge in [0.05, 0.1) is 6.10 Å². The lowest BCUT2D eigenvalue weighted by molar-refractivity contribution is 0.0140. The second kappa shape index (κ2) is 5.43. The van der Waals surface area contributed by atoms with Crippen molar-refractivity contribution >= 4 is 0 Å². The predicted octanol–water partition coefficient (Wildman–Crippen LogP) is 1.23. The van der Waals surface area contributed by atoms with E-state index < -0.39 is 0 Å². The smallest absolute Gasteiger partial charge is 0.0849 e. The number of benzene rings is 1. The second-order valence-electron chi connectivity index (χ2n) is 4.45. The normalized spacial score (nSPS) is 26.9. The van der Waals surface area contributed by atoms with Gasteiger partial charge in [0, 0.05) is 32.8 Å². The van der Waals surface area contributed by atoms with E-state index >= 15 is 0 Å². The highest BCUT2D eigenvalue weighted by Gasteiger charge is 2.26. The zero-order valence-electron chi connectivity index (χ0n) is 9.80. The van der Waals surface area contributed by atoms with Gasteiger partial charge < -0.3 is 10.5 Å². The molecule has 1 heterocycles. The Morgan fingerprint density at radius 1 is 1.38 bits per heavy atom. The van der Waals surface area contributed by atoms with Crippen molar-refractivity contribution in [1.82, 2.24) is 4.90 Å². The monoisotopic (exact) mass is 220 g/mol. The fraction of sp³-hybridized carbons (Fsp3) is 0.538. The van der Waals surface area contributed by atoms with Crippen LogP contribution >= 0.6 is 0 Å². The highest BCUT2D eigenvalue weighted by molar-refractivity contribution is 5.14. The summed E-state index contributed by atoms with van der Waals surface area (Å²) in [6.45, 7) is 3.00. The SMILES string of the molecule is CO[C@@H]1CN(Cc2ccccc2)CC[C@H]1N. The van der Waals surface area contributed by atoms with Crippen LogP contribution in [0.4, 0.5) is 0 Å². The van der Waals surface area contributed by atoms with Crippen LogP contribution in [-0.2, 0) is 11.3 Å². The van der Waals surface area contributed by atoms with Gasteiger partial charge in [-0.05, 0) is 12.0 Å². The lowest BCUT2D eigenvalue weighted by Crippen LogP contribution is -2.51. The van der Waals surface area contributed by atoms with Crippen LogP contribution in [0.1, 0.15) is 12.0 Å². The molecule has 0 amide bonds. The topological polar surface area (TPSA) is 38.5 Å². The number of piperidine rings is 1. The molecule has 1 saturated heterocycles. The van der Waals surface area contributed by atoms with E-state index in [1.54, 1.807) is 7.11 Å². The summed E-state index contributed by atoms with van der Waals surface area (Å²) >= 11 is 0. The summed E-state index contributed by atoms with van der Waals surface area (Å²) in [5.41, 5.74) is 7.35. The zero-order valence-corrected chi connectivity index (χ0v) is 9.80. The first kappa shape index (κ1) is 11.6. The Hall–Kier alpha value is -0.900. The molecule has 1 aromatic rings. The van der Waals surface area contributed by atoms with Crippen LogP contribution in [0, 0.1) is 0 Å². The molecule has 16 heavy (non-hydrogen) atoms. The lowest BCUT2D eigenvalue weighted by atomic mass is 10.0. The molecule has 2 rings (SSSR count). The van der Waals surface area contributed by atoms with Gasteiger partial charge in [0.2, 0.25) is 0 Å². The predicted molar refractivity (Wildman–Crippen MR) is 65.1 cm³/mol. The second-order valence-corrected chi connectivity index (χ2v) is 4.45. The fourth-order valence-corrected chi connectivity index (χ4v) is 2.23. The number of methoxy groups -OCH3 is 1. The first-order valence-electron chi connectivity index (χ1n) is 5.84. The van der Waals surface area contributed by atoms with Gasteiger partial charge in [0.25, 0.3) is 0 Å². The molecule has 3 nitrogen and oxygen atoms in total. The third kappa shape index (κ3) is 2.82. The van der Waals surface area contributed by atoms with Crippen LogP contribution < -0.4 is 5.73 Å². The van der Waals surface area contributed by atoms with Crippen LogP contribution in [0.5, 0.6) is 0 Å². The molecule has 1 aliphatic rings. The maximum atomic E-state index is 5.99. The third-order valence-corrected chi connectivity index (χ3v) is 3.25. The van der Waals surface area contributed by atoms with Gasteiger partial charge in [0.15, 0.2) is 0 Å². The number of hydrogen-bond acceptors (Lipinski definition) is 3. The molecular weight excluding hydrogens is 200 g/mol. The Labute approximate surface area is 97.2 Å². The maximum absolute atomic E-state index is 5.99. The van der Waals surface area contributed by atoms with Crippen molar-refractivity contribution in [2.24, 2.45) is 5.73 Å². The van der Waals surface area contributed by atoms with E-state index in [4.69, 9.17) is 10.5 Å². The quantitative estimate of drug-likeness (QED) is 0.833. The Morgan fingerprint density at radius 2 is 2.12 bits per heavy atom. The van der Waals surface area contributed by atoms with Crippen molar-refractivity contribution in [1.29, 1.82) is 0 Å². The minimum Gasteiger partial charge on any atom is -0.379 e. The molecule has 1 aromatic carbocycles. The van der Waals surface area contributed by atoms with Crippen molar-refractivity contribution in [2.45, 2.75) is 25.1 Å². The van der Waals surface area contributed by atoms with E-state index in [1.807, 2.05) is 6.07 Å². The van der Waals surface area contributed by atoms with Crippen molar-refractivity contribution < 1.29 is 4.74 Å². The highest BCUT2D eigenvalue weighted by atomic mass is 16.5. The zero-order chi connectivity index (χ0) is 11.4. The number of rotatable bonds is 3. The first-order valence-corrected chi connectivity index (χ1v) is 5.84. The first-order chi connectivity index (χ1) is 7.79. The molecule has 1 aliphatic heterocycles. The minimum absolute atomic E-state index is 0.178. The highest BCUT2D eigenvalue weighted by Crippen LogP contribution is 2.14. The van der Waals surface area contributed by atoms with Crippen molar-refractivity contribution in [3.05, 3.63) is 35.9 Å². The molecule has 0 aliphatic carbocycles. The number of nitrogens with zero attached hydrogens (tertiary/aromatic N) is 1.